The summed E-state index contributed by atoms with van der Waals surface area (Å²) in [7, 11) is 0. The maximum atomic E-state index is 10.5. The van der Waals surface area contributed by atoms with Crippen molar-refractivity contribution >= 4 is 29.9 Å². The Balaban J connectivity index is 2.21. The molecule has 1 N–H and O–H groups in total. The van der Waals surface area contributed by atoms with E-state index in [1.165, 1.54) is 0 Å². The fraction of sp³-hybridized carbons (Fsp3) is 0.462. The highest BCUT2D eigenvalue weighted by Crippen LogP contribution is 2.25. The number of ether oxygens (including phenoxy) is 1. The molecule has 0 spiro atoms. The minimum atomic E-state index is 0.469. The van der Waals surface area contributed by atoms with Crippen LogP contribution in [0.5, 0.6) is 5.75 Å². The van der Waals surface area contributed by atoms with Gasteiger partial charge in [0.15, 0.2) is 0 Å². The summed E-state index contributed by atoms with van der Waals surface area (Å²) in [6.07, 6.45) is 4.91. The lowest BCUT2D eigenvalue weighted by atomic mass is 10.2. The number of carbonyl (C=O) groups is 1. The molecular weight excluding hydrogens is 272 g/mol. The quantitative estimate of drug-likeness (QED) is 0.418. The molecule has 1 rings (SSSR count). The molecule has 0 aromatic heterocycles. The molecule has 0 unspecified atom stereocenters. The van der Waals surface area contributed by atoms with Gasteiger partial charge >= 0.3 is 0 Å². The molecule has 0 aliphatic heterocycles. The number of aldehydes is 1. The van der Waals surface area contributed by atoms with Crippen LogP contribution in [0.2, 0.25) is 5.02 Å². The second kappa shape index (κ2) is 9.25. The zero-order valence-electron chi connectivity index (χ0n) is 10.1. The first kappa shape index (κ1) is 15.3. The molecule has 0 radical (unpaired) electrons. The zero-order valence-corrected chi connectivity index (χ0v) is 11.7. The van der Waals surface area contributed by atoms with Gasteiger partial charge in [-0.3, -0.25) is 4.79 Å². The predicted octanol–water partition coefficient (Wildman–Crippen LogP) is 4.30. The Morgan fingerprint density at radius 2 is 2.06 bits per heavy atom. The first-order chi connectivity index (χ1) is 8.77. The van der Waals surface area contributed by atoms with Crippen LogP contribution in [-0.2, 0) is 0 Å². The molecule has 100 valence electrons. The van der Waals surface area contributed by atoms with Crippen molar-refractivity contribution < 1.29 is 14.1 Å². The van der Waals surface area contributed by atoms with Crippen molar-refractivity contribution in [1.82, 2.24) is 0 Å². The van der Waals surface area contributed by atoms with Crippen LogP contribution in [-0.4, -0.2) is 23.2 Å². The van der Waals surface area contributed by atoms with Gasteiger partial charge in [0.25, 0.3) is 0 Å². The van der Waals surface area contributed by atoms with Crippen LogP contribution in [0.4, 0.5) is 0 Å². The summed E-state index contributed by atoms with van der Waals surface area (Å²) < 4.78 is 14.1. The minimum Gasteiger partial charge on any atom is -0.492 e. The van der Waals surface area contributed by atoms with Crippen molar-refractivity contribution in [2.24, 2.45) is 0 Å². The third-order valence-corrected chi connectivity index (χ3v) is 3.25. The molecule has 0 saturated carbocycles. The summed E-state index contributed by atoms with van der Waals surface area (Å²) in [5.74, 6) is 1.41. The third kappa shape index (κ3) is 5.76. The Morgan fingerprint density at radius 1 is 1.28 bits per heavy atom. The van der Waals surface area contributed by atoms with Crippen LogP contribution in [0, 0.1) is 0 Å². The summed E-state index contributed by atoms with van der Waals surface area (Å²) in [5, 5.41) is 0.469. The minimum absolute atomic E-state index is 0.469. The van der Waals surface area contributed by atoms with E-state index in [-0.39, 0.29) is 0 Å². The molecular formula is C13H17ClO3S. The van der Waals surface area contributed by atoms with Gasteiger partial charge in [-0.15, -0.1) is 0 Å². The van der Waals surface area contributed by atoms with Crippen LogP contribution in [0.1, 0.15) is 36.0 Å². The Morgan fingerprint density at radius 3 is 2.72 bits per heavy atom. The molecule has 0 heterocycles. The van der Waals surface area contributed by atoms with Crippen LogP contribution >= 0.6 is 23.6 Å². The second-order valence-corrected chi connectivity index (χ2v) is 4.98. The normalized spacial score (nSPS) is 10.3. The first-order valence-corrected chi connectivity index (χ1v) is 7.24. The van der Waals surface area contributed by atoms with Gasteiger partial charge in [-0.1, -0.05) is 24.4 Å². The van der Waals surface area contributed by atoms with Crippen molar-refractivity contribution in [2.45, 2.75) is 25.7 Å². The van der Waals surface area contributed by atoms with Crippen molar-refractivity contribution in [1.29, 1.82) is 0 Å². The van der Waals surface area contributed by atoms with Gasteiger partial charge in [0.1, 0.15) is 12.0 Å². The SMILES string of the molecule is O=Cc1ccc(OCCCCCCSO)c(Cl)c1. The van der Waals surface area contributed by atoms with E-state index in [2.05, 4.69) is 0 Å². The average molecular weight is 289 g/mol. The Labute approximate surface area is 117 Å². The molecule has 0 amide bonds. The van der Waals surface area contributed by atoms with Gasteiger partial charge in [-0.05, 0) is 43.1 Å². The van der Waals surface area contributed by atoms with Crippen molar-refractivity contribution in [3.8, 4) is 5.75 Å². The fourth-order valence-electron chi connectivity index (χ4n) is 1.51. The lowest BCUT2D eigenvalue weighted by molar-refractivity contribution is 0.112. The number of unbranched alkanes of at least 4 members (excludes halogenated alkanes) is 3. The van der Waals surface area contributed by atoms with Crippen LogP contribution in [0.15, 0.2) is 18.2 Å². The van der Waals surface area contributed by atoms with E-state index in [0.717, 1.165) is 49.8 Å². The van der Waals surface area contributed by atoms with Gasteiger partial charge < -0.3 is 9.29 Å². The van der Waals surface area contributed by atoms with E-state index < -0.39 is 0 Å². The number of carbonyl (C=O) groups excluding carboxylic acids is 1. The van der Waals surface area contributed by atoms with Gasteiger partial charge in [-0.25, -0.2) is 0 Å². The molecule has 1 aromatic carbocycles. The van der Waals surface area contributed by atoms with E-state index in [1.54, 1.807) is 18.2 Å². The molecule has 0 saturated heterocycles. The van der Waals surface area contributed by atoms with Gasteiger partial charge in [0.05, 0.1) is 11.6 Å². The highest BCUT2D eigenvalue weighted by atomic mass is 35.5. The molecule has 0 fully saturated rings. The summed E-state index contributed by atoms with van der Waals surface area (Å²) in [4.78, 5) is 10.5. The number of halogens is 1. The van der Waals surface area contributed by atoms with E-state index in [4.69, 9.17) is 20.9 Å². The Bertz CT molecular complexity index is 371. The highest BCUT2D eigenvalue weighted by molar-refractivity contribution is 7.93. The van der Waals surface area contributed by atoms with E-state index >= 15 is 0 Å². The monoisotopic (exact) mass is 288 g/mol. The molecule has 18 heavy (non-hydrogen) atoms. The van der Waals surface area contributed by atoms with Crippen LogP contribution in [0.25, 0.3) is 0 Å². The van der Waals surface area contributed by atoms with Gasteiger partial charge in [0.2, 0.25) is 0 Å². The highest BCUT2D eigenvalue weighted by Gasteiger charge is 2.02. The fourth-order valence-corrected chi connectivity index (χ4v) is 2.09. The van der Waals surface area contributed by atoms with E-state index in [0.29, 0.717) is 22.9 Å². The molecule has 1 aromatic rings. The van der Waals surface area contributed by atoms with Crippen LogP contribution < -0.4 is 4.74 Å². The van der Waals surface area contributed by atoms with E-state index in [1.807, 2.05) is 0 Å². The van der Waals surface area contributed by atoms with Crippen molar-refractivity contribution in [2.75, 3.05) is 12.4 Å². The molecule has 5 heteroatoms. The summed E-state index contributed by atoms with van der Waals surface area (Å²) in [6, 6.07) is 5.00. The Hall–Kier alpha value is -0.710. The number of rotatable bonds is 9. The molecule has 0 atom stereocenters. The lowest BCUT2D eigenvalue weighted by Gasteiger charge is -2.08. The molecule has 3 nitrogen and oxygen atoms in total. The molecule has 0 aliphatic rings. The summed E-state index contributed by atoms with van der Waals surface area (Å²) in [5.41, 5.74) is 0.550. The maximum absolute atomic E-state index is 10.5. The van der Waals surface area contributed by atoms with E-state index in [9.17, 15) is 4.79 Å². The van der Waals surface area contributed by atoms with Crippen molar-refractivity contribution in [3.63, 3.8) is 0 Å². The van der Waals surface area contributed by atoms with Gasteiger partial charge in [-0.2, -0.15) is 0 Å². The smallest absolute Gasteiger partial charge is 0.150 e. The molecule has 0 aliphatic carbocycles. The van der Waals surface area contributed by atoms with Gasteiger partial charge in [0, 0.05) is 11.3 Å². The summed E-state index contributed by atoms with van der Waals surface area (Å²) >= 11 is 6.87. The maximum Gasteiger partial charge on any atom is 0.150 e. The number of hydrogen-bond donors (Lipinski definition) is 1. The first-order valence-electron chi connectivity index (χ1n) is 5.92. The molecule has 0 bridgehead atoms. The van der Waals surface area contributed by atoms with Crippen molar-refractivity contribution in [3.05, 3.63) is 28.8 Å². The van der Waals surface area contributed by atoms with Crippen LogP contribution in [0.3, 0.4) is 0 Å². The standard InChI is InChI=1S/C13H17ClO3S/c14-12-9-11(10-15)5-6-13(12)17-7-3-1-2-4-8-18-16/h5-6,9-10,16H,1-4,7-8H2. The number of benzene rings is 1. The lowest BCUT2D eigenvalue weighted by Crippen LogP contribution is -1.98. The predicted molar refractivity (Wildman–Crippen MR) is 75.9 cm³/mol. The second-order valence-electron chi connectivity index (χ2n) is 3.90. The average Bonchev–Trinajstić information content (AvgIpc) is 2.39. The topological polar surface area (TPSA) is 46.5 Å². The third-order valence-electron chi connectivity index (χ3n) is 2.48. The summed E-state index contributed by atoms with van der Waals surface area (Å²) in [6.45, 7) is 0.617. The number of hydrogen-bond acceptors (Lipinski definition) is 4. The largest absolute Gasteiger partial charge is 0.492 e. The zero-order chi connectivity index (χ0) is 13.2. The Kier molecular flexibility index (Phi) is 7.89.